The Labute approximate surface area is 136 Å². The van der Waals surface area contributed by atoms with E-state index in [0.717, 1.165) is 31.2 Å². The summed E-state index contributed by atoms with van der Waals surface area (Å²) in [6.07, 6.45) is 0. The number of anilines is 1. The van der Waals surface area contributed by atoms with Gasteiger partial charge < -0.3 is 10.0 Å². The van der Waals surface area contributed by atoms with E-state index >= 15 is 0 Å². The first kappa shape index (κ1) is 15.2. The van der Waals surface area contributed by atoms with Gasteiger partial charge in [0.1, 0.15) is 5.75 Å². The Morgan fingerprint density at radius 1 is 0.955 bits per heavy atom. The maximum absolute atomic E-state index is 9.38. The highest BCUT2D eigenvalue weighted by molar-refractivity contribution is 6.31. The van der Waals surface area contributed by atoms with Crippen LogP contribution >= 0.6 is 11.6 Å². The molecule has 116 valence electrons. The Kier molecular flexibility index (Phi) is 4.55. The van der Waals surface area contributed by atoms with Gasteiger partial charge in [0.2, 0.25) is 0 Å². The lowest BCUT2D eigenvalue weighted by Gasteiger charge is -2.39. The number of halogens is 1. The number of phenols is 1. The van der Waals surface area contributed by atoms with E-state index in [1.165, 1.54) is 11.3 Å². The third-order valence-electron chi connectivity index (χ3n) is 4.43. The molecule has 0 amide bonds. The minimum Gasteiger partial charge on any atom is -0.508 e. The van der Waals surface area contributed by atoms with Crippen LogP contribution in [-0.4, -0.2) is 36.2 Å². The Hall–Kier alpha value is -1.71. The predicted molar refractivity (Wildman–Crippen MR) is 91.8 cm³/mol. The Morgan fingerprint density at radius 2 is 1.59 bits per heavy atom. The number of hydrogen-bond donors (Lipinski definition) is 1. The number of benzene rings is 2. The van der Waals surface area contributed by atoms with E-state index in [1.54, 1.807) is 12.1 Å². The van der Waals surface area contributed by atoms with Crippen LogP contribution in [0.5, 0.6) is 5.75 Å². The molecule has 3 rings (SSSR count). The molecule has 1 atom stereocenters. The normalized spacial score (nSPS) is 17.5. The summed E-state index contributed by atoms with van der Waals surface area (Å²) in [4.78, 5) is 4.83. The molecule has 0 unspecified atom stereocenters. The molecule has 1 saturated heterocycles. The molecule has 0 radical (unpaired) electrons. The van der Waals surface area contributed by atoms with Crippen LogP contribution in [0, 0.1) is 0 Å². The first-order chi connectivity index (χ1) is 10.6. The molecule has 1 aliphatic rings. The Bertz CT molecular complexity index is 621. The van der Waals surface area contributed by atoms with Crippen LogP contribution in [-0.2, 0) is 0 Å². The number of phenolic OH excluding ortho intramolecular Hbond substituents is 1. The van der Waals surface area contributed by atoms with Crippen molar-refractivity contribution < 1.29 is 5.11 Å². The summed E-state index contributed by atoms with van der Waals surface area (Å²) in [5.74, 6) is 0.315. The summed E-state index contributed by atoms with van der Waals surface area (Å²) in [5, 5.41) is 10.2. The summed E-state index contributed by atoms with van der Waals surface area (Å²) in [7, 11) is 0. The topological polar surface area (TPSA) is 26.7 Å². The van der Waals surface area contributed by atoms with E-state index in [-0.39, 0.29) is 0 Å². The van der Waals surface area contributed by atoms with Crippen molar-refractivity contribution in [2.45, 2.75) is 13.0 Å². The van der Waals surface area contributed by atoms with Crippen LogP contribution in [0.1, 0.15) is 18.5 Å². The summed E-state index contributed by atoms with van der Waals surface area (Å²) in [6, 6.07) is 15.9. The number of piperazine rings is 1. The van der Waals surface area contributed by atoms with Gasteiger partial charge in [-0.15, -0.1) is 0 Å². The van der Waals surface area contributed by atoms with Gasteiger partial charge in [-0.2, -0.15) is 0 Å². The van der Waals surface area contributed by atoms with E-state index in [4.69, 9.17) is 11.6 Å². The van der Waals surface area contributed by atoms with Crippen molar-refractivity contribution in [2.75, 3.05) is 31.1 Å². The van der Waals surface area contributed by atoms with Gasteiger partial charge in [-0.1, -0.05) is 29.8 Å². The molecule has 2 aromatic carbocycles. The molecule has 22 heavy (non-hydrogen) atoms. The van der Waals surface area contributed by atoms with Crippen molar-refractivity contribution in [3.63, 3.8) is 0 Å². The zero-order valence-electron chi connectivity index (χ0n) is 12.7. The molecule has 1 N–H and O–H groups in total. The molecule has 0 bridgehead atoms. The molecule has 2 aromatic rings. The van der Waals surface area contributed by atoms with Gasteiger partial charge in [0.25, 0.3) is 0 Å². The monoisotopic (exact) mass is 316 g/mol. The molecule has 3 nitrogen and oxygen atoms in total. The second-order valence-corrected chi connectivity index (χ2v) is 6.14. The van der Waals surface area contributed by atoms with Crippen molar-refractivity contribution in [3.05, 3.63) is 59.1 Å². The quantitative estimate of drug-likeness (QED) is 0.929. The SMILES string of the molecule is C[C@@H](c1ccccc1Cl)N1CCN(c2ccc(O)cc2)CC1. The molecule has 0 aliphatic carbocycles. The zero-order chi connectivity index (χ0) is 15.5. The maximum atomic E-state index is 9.38. The van der Waals surface area contributed by atoms with Crippen LogP contribution in [0.25, 0.3) is 0 Å². The van der Waals surface area contributed by atoms with Gasteiger partial charge in [0.05, 0.1) is 0 Å². The second-order valence-electron chi connectivity index (χ2n) is 5.74. The predicted octanol–water partition coefficient (Wildman–Crippen LogP) is 3.93. The van der Waals surface area contributed by atoms with E-state index in [0.29, 0.717) is 11.8 Å². The van der Waals surface area contributed by atoms with Crippen molar-refractivity contribution in [1.82, 2.24) is 4.90 Å². The fraction of sp³-hybridized carbons (Fsp3) is 0.333. The first-order valence-corrected chi connectivity index (χ1v) is 8.05. The Morgan fingerprint density at radius 3 is 2.23 bits per heavy atom. The van der Waals surface area contributed by atoms with Gasteiger partial charge in [-0.25, -0.2) is 0 Å². The van der Waals surface area contributed by atoms with E-state index in [9.17, 15) is 5.11 Å². The van der Waals surface area contributed by atoms with Crippen LogP contribution < -0.4 is 4.90 Å². The molecular weight excluding hydrogens is 296 g/mol. The molecular formula is C18H21ClN2O. The van der Waals surface area contributed by atoms with Gasteiger partial charge in [0.15, 0.2) is 0 Å². The second kappa shape index (κ2) is 6.59. The van der Waals surface area contributed by atoms with Crippen molar-refractivity contribution >= 4 is 17.3 Å². The average molecular weight is 317 g/mol. The molecule has 1 heterocycles. The standard InChI is InChI=1S/C18H21ClN2O/c1-14(17-4-2-3-5-18(17)19)20-10-12-21(13-11-20)15-6-8-16(22)9-7-15/h2-9,14,22H,10-13H2,1H3/t14-/m0/s1. The summed E-state index contributed by atoms with van der Waals surface area (Å²) < 4.78 is 0. The smallest absolute Gasteiger partial charge is 0.115 e. The maximum Gasteiger partial charge on any atom is 0.115 e. The number of rotatable bonds is 3. The van der Waals surface area contributed by atoms with E-state index in [1.807, 2.05) is 30.3 Å². The number of aromatic hydroxyl groups is 1. The van der Waals surface area contributed by atoms with E-state index < -0.39 is 0 Å². The van der Waals surface area contributed by atoms with Crippen molar-refractivity contribution in [2.24, 2.45) is 0 Å². The van der Waals surface area contributed by atoms with Gasteiger partial charge in [-0.05, 0) is 42.8 Å². The summed E-state index contributed by atoms with van der Waals surface area (Å²) >= 11 is 6.32. The van der Waals surface area contributed by atoms with Crippen molar-refractivity contribution in [1.29, 1.82) is 0 Å². The fourth-order valence-corrected chi connectivity index (χ4v) is 3.34. The van der Waals surface area contributed by atoms with Crippen LogP contribution in [0.3, 0.4) is 0 Å². The summed E-state index contributed by atoms with van der Waals surface area (Å²) in [6.45, 7) is 6.21. The van der Waals surface area contributed by atoms with Crippen LogP contribution in [0.15, 0.2) is 48.5 Å². The Balaban J connectivity index is 1.64. The molecule has 4 heteroatoms. The lowest BCUT2D eigenvalue weighted by Crippen LogP contribution is -2.47. The fourth-order valence-electron chi connectivity index (χ4n) is 3.04. The average Bonchev–Trinajstić information content (AvgIpc) is 2.56. The molecule has 0 spiro atoms. The molecule has 0 aromatic heterocycles. The third kappa shape index (κ3) is 3.21. The highest BCUT2D eigenvalue weighted by atomic mass is 35.5. The lowest BCUT2D eigenvalue weighted by molar-refractivity contribution is 0.198. The first-order valence-electron chi connectivity index (χ1n) is 7.67. The molecule has 0 saturated carbocycles. The van der Waals surface area contributed by atoms with Gasteiger partial charge in [-0.3, -0.25) is 4.90 Å². The number of hydrogen-bond acceptors (Lipinski definition) is 3. The largest absolute Gasteiger partial charge is 0.508 e. The minimum absolute atomic E-state index is 0.315. The van der Waals surface area contributed by atoms with Gasteiger partial charge in [0, 0.05) is 42.9 Å². The lowest BCUT2D eigenvalue weighted by atomic mass is 10.1. The molecule has 1 aliphatic heterocycles. The highest BCUT2D eigenvalue weighted by Crippen LogP contribution is 2.28. The minimum atomic E-state index is 0.315. The van der Waals surface area contributed by atoms with Crippen molar-refractivity contribution in [3.8, 4) is 5.75 Å². The van der Waals surface area contributed by atoms with Gasteiger partial charge >= 0.3 is 0 Å². The summed E-state index contributed by atoms with van der Waals surface area (Å²) in [5.41, 5.74) is 2.37. The molecule has 1 fully saturated rings. The number of nitrogens with zero attached hydrogens (tertiary/aromatic N) is 2. The zero-order valence-corrected chi connectivity index (χ0v) is 13.5. The third-order valence-corrected chi connectivity index (χ3v) is 4.78. The van der Waals surface area contributed by atoms with Crippen LogP contribution in [0.4, 0.5) is 5.69 Å². The highest BCUT2D eigenvalue weighted by Gasteiger charge is 2.23. The van der Waals surface area contributed by atoms with Crippen LogP contribution in [0.2, 0.25) is 5.02 Å². The van der Waals surface area contributed by atoms with E-state index in [2.05, 4.69) is 22.8 Å².